The number of hydrogen-bond donors (Lipinski definition) is 3. The Hall–Kier alpha value is -1.65. The van der Waals surface area contributed by atoms with Gasteiger partial charge in [-0.2, -0.15) is 0 Å². The van der Waals surface area contributed by atoms with Crippen LogP contribution < -0.4 is 4.72 Å². The summed E-state index contributed by atoms with van der Waals surface area (Å²) in [6, 6.07) is 0.946. The second-order valence-electron chi connectivity index (χ2n) is 3.74. The summed E-state index contributed by atoms with van der Waals surface area (Å²) in [5, 5.41) is 8.75. The zero-order valence-corrected chi connectivity index (χ0v) is 12.4. The molecule has 0 amide bonds. The van der Waals surface area contributed by atoms with Crippen molar-refractivity contribution in [3.8, 4) is 0 Å². The number of aromatic amines is 1. The van der Waals surface area contributed by atoms with Gasteiger partial charge in [0.2, 0.25) is 15.8 Å². The van der Waals surface area contributed by atoms with Gasteiger partial charge in [-0.3, -0.25) is 0 Å². The normalized spacial score (nSPS) is 11.7. The molecule has 0 aromatic carbocycles. The van der Waals surface area contributed by atoms with Gasteiger partial charge in [0, 0.05) is 31.4 Å². The van der Waals surface area contributed by atoms with E-state index in [0.717, 1.165) is 6.07 Å². The number of hydrogen-bond acceptors (Lipinski definition) is 5. The smallest absolute Gasteiger partial charge is 0.371 e. The molecule has 0 unspecified atom stereocenters. The van der Waals surface area contributed by atoms with E-state index in [2.05, 4.69) is 30.6 Å². The van der Waals surface area contributed by atoms with Crippen molar-refractivity contribution in [1.82, 2.24) is 14.7 Å². The second kappa shape index (κ2) is 5.77. The number of aromatic carboxylic acids is 1. The molecule has 0 aliphatic rings. The van der Waals surface area contributed by atoms with Gasteiger partial charge in [0.25, 0.3) is 0 Å². The topological polar surface area (TPSA) is 125 Å². The van der Waals surface area contributed by atoms with Gasteiger partial charge in [0.15, 0.2) is 4.67 Å². The Labute approximate surface area is 122 Å². The molecule has 2 rings (SSSR count). The molecule has 0 aliphatic heterocycles. The SMILES string of the molecule is O=C(O)c1cc(S(=O)(=O)NCCc2ncc[nH]2)c(Br)o1. The zero-order valence-electron chi connectivity index (χ0n) is 9.96. The lowest BCUT2D eigenvalue weighted by molar-refractivity contribution is 0.0661. The van der Waals surface area contributed by atoms with E-state index in [0.29, 0.717) is 12.2 Å². The van der Waals surface area contributed by atoms with Crippen molar-refractivity contribution >= 4 is 31.9 Å². The Morgan fingerprint density at radius 3 is 2.85 bits per heavy atom. The Morgan fingerprint density at radius 2 is 2.30 bits per heavy atom. The van der Waals surface area contributed by atoms with Gasteiger partial charge in [0.1, 0.15) is 10.7 Å². The Morgan fingerprint density at radius 1 is 1.55 bits per heavy atom. The van der Waals surface area contributed by atoms with E-state index in [1.807, 2.05) is 0 Å². The number of H-pyrrole nitrogens is 1. The average molecular weight is 364 g/mol. The van der Waals surface area contributed by atoms with Gasteiger partial charge < -0.3 is 14.5 Å². The largest absolute Gasteiger partial charge is 0.475 e. The molecule has 2 heterocycles. The van der Waals surface area contributed by atoms with Crippen LogP contribution in [0.15, 0.2) is 32.4 Å². The highest BCUT2D eigenvalue weighted by Crippen LogP contribution is 2.25. The second-order valence-corrected chi connectivity index (χ2v) is 6.19. The molecule has 10 heteroatoms. The summed E-state index contributed by atoms with van der Waals surface area (Å²) in [4.78, 5) is 17.3. The number of rotatable bonds is 6. The molecule has 2 aromatic rings. The van der Waals surface area contributed by atoms with Crippen LogP contribution in [0.4, 0.5) is 0 Å². The number of furan rings is 1. The van der Waals surface area contributed by atoms with Crippen LogP contribution in [0.25, 0.3) is 0 Å². The summed E-state index contributed by atoms with van der Waals surface area (Å²) >= 11 is 2.88. The molecule has 0 saturated heterocycles. The molecule has 0 saturated carbocycles. The van der Waals surface area contributed by atoms with Gasteiger partial charge >= 0.3 is 5.97 Å². The Balaban J connectivity index is 2.08. The minimum atomic E-state index is -3.85. The number of imidazole rings is 1. The Kier molecular flexibility index (Phi) is 4.26. The molecule has 3 N–H and O–H groups in total. The van der Waals surface area contributed by atoms with E-state index in [1.165, 1.54) is 0 Å². The van der Waals surface area contributed by atoms with Crippen LogP contribution in [0.5, 0.6) is 0 Å². The first-order valence-electron chi connectivity index (χ1n) is 5.40. The molecule has 8 nitrogen and oxygen atoms in total. The summed E-state index contributed by atoms with van der Waals surface area (Å²) in [7, 11) is -3.85. The van der Waals surface area contributed by atoms with Crippen LogP contribution in [0, 0.1) is 0 Å². The number of nitrogens with one attached hydrogen (secondary N) is 2. The molecule has 20 heavy (non-hydrogen) atoms. The number of nitrogens with zero attached hydrogens (tertiary/aromatic N) is 1. The number of aromatic nitrogens is 2. The quantitative estimate of drug-likeness (QED) is 0.702. The van der Waals surface area contributed by atoms with Crippen molar-refractivity contribution < 1.29 is 22.7 Å². The first-order chi connectivity index (χ1) is 9.40. The third-order valence-electron chi connectivity index (χ3n) is 2.36. The predicted molar refractivity (Wildman–Crippen MR) is 70.8 cm³/mol. The summed E-state index contributed by atoms with van der Waals surface area (Å²) in [5.74, 6) is -1.16. The number of carboxylic acids is 1. The standard InChI is InChI=1S/C10H10BrN3O5S/c11-9-7(5-6(19-9)10(15)16)20(17,18)14-2-1-8-12-3-4-13-8/h3-5,14H,1-2H2,(H,12,13)(H,15,16). The number of halogens is 1. The van der Waals surface area contributed by atoms with Crippen molar-refractivity contribution in [2.24, 2.45) is 0 Å². The van der Waals surface area contributed by atoms with Crippen molar-refractivity contribution in [3.63, 3.8) is 0 Å². The van der Waals surface area contributed by atoms with E-state index < -0.39 is 21.8 Å². The fourth-order valence-electron chi connectivity index (χ4n) is 1.46. The summed E-state index contributed by atoms with van der Waals surface area (Å²) in [5.41, 5.74) is 0. The molecule has 0 atom stereocenters. The fraction of sp³-hybridized carbons (Fsp3) is 0.200. The lowest BCUT2D eigenvalue weighted by Gasteiger charge is -2.03. The highest BCUT2D eigenvalue weighted by atomic mass is 79.9. The lowest BCUT2D eigenvalue weighted by Crippen LogP contribution is -2.26. The van der Waals surface area contributed by atoms with Crippen molar-refractivity contribution in [3.05, 3.63) is 34.7 Å². The number of carboxylic acid groups (broad SMARTS) is 1. The van der Waals surface area contributed by atoms with Gasteiger partial charge in [0.05, 0.1) is 0 Å². The molecule has 0 bridgehead atoms. The highest BCUT2D eigenvalue weighted by molar-refractivity contribution is 9.10. The summed E-state index contributed by atoms with van der Waals surface area (Å²) < 4.78 is 31.0. The van der Waals surface area contributed by atoms with Crippen LogP contribution in [-0.4, -0.2) is 36.0 Å². The van der Waals surface area contributed by atoms with Gasteiger partial charge in [-0.25, -0.2) is 22.9 Å². The van der Waals surface area contributed by atoms with Crippen molar-refractivity contribution in [2.75, 3.05) is 6.54 Å². The first kappa shape index (κ1) is 14.8. The third kappa shape index (κ3) is 3.26. The monoisotopic (exact) mass is 363 g/mol. The number of carbonyl (C=O) groups is 1. The van der Waals surface area contributed by atoms with Gasteiger partial charge in [-0.1, -0.05) is 0 Å². The van der Waals surface area contributed by atoms with Crippen LogP contribution in [0.1, 0.15) is 16.4 Å². The molecule has 2 aromatic heterocycles. The van der Waals surface area contributed by atoms with Gasteiger partial charge in [-0.15, -0.1) is 0 Å². The van der Waals surface area contributed by atoms with E-state index in [4.69, 9.17) is 9.52 Å². The first-order valence-corrected chi connectivity index (χ1v) is 7.68. The molecule has 0 aliphatic carbocycles. The minimum absolute atomic E-state index is 0.121. The number of sulfonamides is 1. The van der Waals surface area contributed by atoms with E-state index in [-0.39, 0.29) is 16.1 Å². The van der Waals surface area contributed by atoms with E-state index in [1.54, 1.807) is 12.4 Å². The summed E-state index contributed by atoms with van der Waals surface area (Å²) in [6.45, 7) is 0.121. The maximum Gasteiger partial charge on any atom is 0.371 e. The van der Waals surface area contributed by atoms with Crippen molar-refractivity contribution in [1.29, 1.82) is 0 Å². The molecule has 0 spiro atoms. The maximum atomic E-state index is 12.0. The lowest BCUT2D eigenvalue weighted by atomic mass is 10.4. The highest BCUT2D eigenvalue weighted by Gasteiger charge is 2.24. The zero-order chi connectivity index (χ0) is 14.8. The molecule has 0 fully saturated rings. The van der Waals surface area contributed by atoms with Crippen LogP contribution in [-0.2, 0) is 16.4 Å². The summed E-state index contributed by atoms with van der Waals surface area (Å²) in [6.07, 6.45) is 3.58. The fourth-order valence-corrected chi connectivity index (χ4v) is 3.43. The van der Waals surface area contributed by atoms with E-state index >= 15 is 0 Å². The molecule has 0 radical (unpaired) electrons. The molecular weight excluding hydrogens is 354 g/mol. The van der Waals surface area contributed by atoms with Crippen LogP contribution in [0.2, 0.25) is 0 Å². The van der Waals surface area contributed by atoms with Gasteiger partial charge in [-0.05, 0) is 15.9 Å². The third-order valence-corrected chi connectivity index (χ3v) is 4.68. The Bertz CT molecular complexity index is 707. The molecular formula is C10H10BrN3O5S. The van der Waals surface area contributed by atoms with Crippen molar-refractivity contribution in [2.45, 2.75) is 11.3 Å². The minimum Gasteiger partial charge on any atom is -0.475 e. The van der Waals surface area contributed by atoms with Crippen LogP contribution in [0.3, 0.4) is 0 Å². The maximum absolute atomic E-state index is 12.0. The van der Waals surface area contributed by atoms with Crippen LogP contribution >= 0.6 is 15.9 Å². The predicted octanol–water partition coefficient (Wildman–Crippen LogP) is 0.984. The molecule has 108 valence electrons. The van der Waals surface area contributed by atoms with E-state index in [9.17, 15) is 13.2 Å². The average Bonchev–Trinajstić information content (AvgIpc) is 2.98.